The summed E-state index contributed by atoms with van der Waals surface area (Å²) in [5, 5.41) is 3.18. The SMILES string of the molecule is CC(C)(CC(C)(C)OC(C)(C)CC(C)(C)C(C)(C)C)NC(=O)C(C)(C)I. The van der Waals surface area contributed by atoms with Gasteiger partial charge in [0.15, 0.2) is 0 Å². The lowest BCUT2D eigenvalue weighted by Crippen LogP contribution is -2.54. The number of alkyl halides is 1. The molecule has 0 spiro atoms. The molecule has 0 atom stereocenters. The molecule has 3 nitrogen and oxygen atoms in total. The summed E-state index contributed by atoms with van der Waals surface area (Å²) in [5.41, 5.74) is -0.566. The van der Waals surface area contributed by atoms with E-state index in [0.29, 0.717) is 0 Å². The fraction of sp³-hybridized carbons (Fsp3) is 0.955. The van der Waals surface area contributed by atoms with Crippen LogP contribution in [-0.4, -0.2) is 26.1 Å². The van der Waals surface area contributed by atoms with E-state index in [2.05, 4.69) is 104 Å². The molecular weight excluding hydrogens is 437 g/mol. The third-order valence-electron chi connectivity index (χ3n) is 5.31. The predicted molar refractivity (Wildman–Crippen MR) is 122 cm³/mol. The molecule has 0 saturated heterocycles. The summed E-state index contributed by atoms with van der Waals surface area (Å²) < 4.78 is 6.19. The van der Waals surface area contributed by atoms with Gasteiger partial charge in [0.05, 0.1) is 14.6 Å². The minimum atomic E-state index is -0.421. The Hall–Kier alpha value is 0.160. The van der Waals surface area contributed by atoms with Gasteiger partial charge in [-0.2, -0.15) is 0 Å². The van der Waals surface area contributed by atoms with Crippen molar-refractivity contribution in [2.75, 3.05) is 0 Å². The number of halogens is 1. The van der Waals surface area contributed by atoms with Gasteiger partial charge in [0.1, 0.15) is 0 Å². The van der Waals surface area contributed by atoms with E-state index in [1.54, 1.807) is 0 Å². The molecule has 0 aliphatic rings. The maximum Gasteiger partial charge on any atom is 0.235 e. The average Bonchev–Trinajstić information content (AvgIpc) is 2.18. The zero-order chi connectivity index (χ0) is 21.4. The molecule has 26 heavy (non-hydrogen) atoms. The highest BCUT2D eigenvalue weighted by Crippen LogP contribution is 2.45. The van der Waals surface area contributed by atoms with Gasteiger partial charge in [-0.15, -0.1) is 0 Å². The van der Waals surface area contributed by atoms with Gasteiger partial charge < -0.3 is 10.1 Å². The van der Waals surface area contributed by atoms with Crippen molar-refractivity contribution in [3.05, 3.63) is 0 Å². The Bertz CT molecular complexity index is 491. The number of nitrogens with one attached hydrogen (secondary N) is 1. The molecule has 0 bridgehead atoms. The van der Waals surface area contributed by atoms with Crippen LogP contribution in [0, 0.1) is 10.8 Å². The molecular formula is C22H44INO2. The molecule has 156 valence electrons. The number of carbonyl (C=O) groups is 1. The Kier molecular flexibility index (Phi) is 7.93. The van der Waals surface area contributed by atoms with Crippen LogP contribution in [0.5, 0.6) is 0 Å². The number of ether oxygens (including phenoxy) is 1. The molecule has 0 radical (unpaired) electrons. The minimum absolute atomic E-state index is 0.0621. The van der Waals surface area contributed by atoms with Crippen molar-refractivity contribution in [1.29, 1.82) is 0 Å². The van der Waals surface area contributed by atoms with Gasteiger partial charge in [0.2, 0.25) is 5.91 Å². The van der Waals surface area contributed by atoms with E-state index in [-0.39, 0.29) is 33.5 Å². The average molecular weight is 482 g/mol. The van der Waals surface area contributed by atoms with E-state index >= 15 is 0 Å². The lowest BCUT2D eigenvalue weighted by Gasteiger charge is -2.47. The van der Waals surface area contributed by atoms with Crippen LogP contribution in [0.2, 0.25) is 0 Å². The molecule has 0 aliphatic heterocycles. The van der Waals surface area contributed by atoms with Crippen LogP contribution >= 0.6 is 22.6 Å². The number of carbonyl (C=O) groups excluding carboxylic acids is 1. The molecule has 0 aromatic heterocycles. The Morgan fingerprint density at radius 1 is 0.769 bits per heavy atom. The van der Waals surface area contributed by atoms with E-state index in [1.807, 2.05) is 13.8 Å². The molecule has 0 rings (SSSR count). The van der Waals surface area contributed by atoms with Crippen molar-refractivity contribution < 1.29 is 9.53 Å². The van der Waals surface area contributed by atoms with Crippen molar-refractivity contribution in [3.63, 3.8) is 0 Å². The summed E-state index contributed by atoms with van der Waals surface area (Å²) >= 11 is 2.18. The second kappa shape index (κ2) is 7.88. The van der Waals surface area contributed by atoms with Crippen LogP contribution in [0.15, 0.2) is 0 Å². The van der Waals surface area contributed by atoms with Gasteiger partial charge in [0.25, 0.3) is 0 Å². The monoisotopic (exact) mass is 481 g/mol. The highest BCUT2D eigenvalue weighted by molar-refractivity contribution is 14.1. The van der Waals surface area contributed by atoms with E-state index in [0.717, 1.165) is 12.8 Å². The number of rotatable bonds is 8. The topological polar surface area (TPSA) is 38.3 Å². The van der Waals surface area contributed by atoms with E-state index in [1.165, 1.54) is 0 Å². The molecule has 1 N–H and O–H groups in total. The molecule has 0 aromatic rings. The fourth-order valence-electron chi connectivity index (χ4n) is 3.71. The normalized spacial score (nSPS) is 15.2. The highest BCUT2D eigenvalue weighted by atomic mass is 127. The van der Waals surface area contributed by atoms with Crippen LogP contribution in [0.3, 0.4) is 0 Å². The smallest absolute Gasteiger partial charge is 0.235 e. The van der Waals surface area contributed by atoms with Crippen LogP contribution in [-0.2, 0) is 9.53 Å². The van der Waals surface area contributed by atoms with Crippen LogP contribution in [0.4, 0.5) is 0 Å². The van der Waals surface area contributed by atoms with Crippen molar-refractivity contribution in [1.82, 2.24) is 5.32 Å². The summed E-state index contributed by atoms with van der Waals surface area (Å²) in [4.78, 5) is 12.4. The van der Waals surface area contributed by atoms with Gasteiger partial charge in [0, 0.05) is 5.54 Å². The van der Waals surface area contributed by atoms with Crippen molar-refractivity contribution >= 4 is 28.5 Å². The summed E-state index contributed by atoms with van der Waals surface area (Å²) in [5.74, 6) is 0.0621. The van der Waals surface area contributed by atoms with Crippen LogP contribution < -0.4 is 5.32 Å². The first-order valence-corrected chi connectivity index (χ1v) is 10.8. The maximum absolute atomic E-state index is 12.4. The second-order valence-corrected chi connectivity index (χ2v) is 14.6. The van der Waals surface area contributed by atoms with Gasteiger partial charge in [-0.25, -0.2) is 0 Å². The minimum Gasteiger partial charge on any atom is -0.370 e. The quantitative estimate of drug-likeness (QED) is 0.317. The first-order valence-electron chi connectivity index (χ1n) is 9.72. The molecule has 0 heterocycles. The number of amides is 1. The van der Waals surface area contributed by atoms with Crippen LogP contribution in [0.25, 0.3) is 0 Å². The van der Waals surface area contributed by atoms with E-state index in [4.69, 9.17) is 4.74 Å². The van der Waals surface area contributed by atoms with Gasteiger partial charge in [-0.3, -0.25) is 4.79 Å². The van der Waals surface area contributed by atoms with Crippen LogP contribution in [0.1, 0.15) is 103 Å². The molecule has 0 fully saturated rings. The number of hydrogen-bond acceptors (Lipinski definition) is 2. The third kappa shape index (κ3) is 8.90. The third-order valence-corrected chi connectivity index (χ3v) is 5.80. The van der Waals surface area contributed by atoms with Gasteiger partial charge in [-0.1, -0.05) is 57.2 Å². The first-order chi connectivity index (χ1) is 11.0. The summed E-state index contributed by atoms with van der Waals surface area (Å²) in [7, 11) is 0. The highest BCUT2D eigenvalue weighted by Gasteiger charge is 2.42. The largest absolute Gasteiger partial charge is 0.370 e. The number of hydrogen-bond donors (Lipinski definition) is 1. The molecule has 0 unspecified atom stereocenters. The Morgan fingerprint density at radius 2 is 1.15 bits per heavy atom. The second-order valence-electron chi connectivity index (χ2n) is 11.9. The van der Waals surface area contributed by atoms with E-state index < -0.39 is 3.42 Å². The summed E-state index contributed by atoms with van der Waals surface area (Å²) in [6.45, 7) is 28.1. The van der Waals surface area contributed by atoms with Gasteiger partial charge in [-0.05, 0) is 79.1 Å². The predicted octanol–water partition coefficient (Wildman–Crippen LogP) is 6.52. The van der Waals surface area contributed by atoms with Crippen molar-refractivity contribution in [2.45, 2.75) is 123 Å². The standard InChI is InChI=1S/C22H44INO2/c1-17(2,3)18(4,5)14-20(8,9)26-21(10,11)15-19(6,7)24-16(25)22(12,13)23/h14-15H2,1-13H3,(H,24,25). The van der Waals surface area contributed by atoms with Crippen molar-refractivity contribution in [2.24, 2.45) is 10.8 Å². The first kappa shape index (κ1) is 26.2. The summed E-state index contributed by atoms with van der Waals surface area (Å²) in [6.07, 6.45) is 1.72. The Balaban J connectivity index is 5.14. The fourth-order valence-corrected chi connectivity index (χ4v) is 3.85. The van der Waals surface area contributed by atoms with Gasteiger partial charge >= 0.3 is 0 Å². The molecule has 4 heteroatoms. The molecule has 0 aliphatic carbocycles. The zero-order valence-corrected chi connectivity index (χ0v) is 21.8. The lowest BCUT2D eigenvalue weighted by atomic mass is 9.64. The molecule has 1 amide bonds. The maximum atomic E-state index is 12.4. The Morgan fingerprint density at radius 3 is 1.50 bits per heavy atom. The molecule has 0 saturated carbocycles. The lowest BCUT2D eigenvalue weighted by molar-refractivity contribution is -0.156. The molecule has 0 aromatic carbocycles. The van der Waals surface area contributed by atoms with E-state index in [9.17, 15) is 4.79 Å². The van der Waals surface area contributed by atoms with Crippen molar-refractivity contribution in [3.8, 4) is 0 Å². The zero-order valence-electron chi connectivity index (χ0n) is 19.6. The summed E-state index contributed by atoms with van der Waals surface area (Å²) in [6, 6.07) is 0. The Labute approximate surface area is 176 Å².